The van der Waals surface area contributed by atoms with Crippen LogP contribution in [0.25, 0.3) is 0 Å². The lowest BCUT2D eigenvalue weighted by atomic mass is 10.1. The van der Waals surface area contributed by atoms with Gasteiger partial charge in [-0.25, -0.2) is 0 Å². The van der Waals surface area contributed by atoms with Crippen molar-refractivity contribution in [3.05, 3.63) is 36.0 Å². The van der Waals surface area contributed by atoms with Crippen LogP contribution in [0, 0.1) is 0 Å². The first-order valence-corrected chi connectivity index (χ1v) is 9.90. The van der Waals surface area contributed by atoms with E-state index in [4.69, 9.17) is 9.26 Å². The maximum atomic E-state index is 13.0. The Balaban J connectivity index is 1.36. The number of aromatic nitrogens is 2. The Morgan fingerprint density at radius 2 is 1.96 bits per heavy atom. The summed E-state index contributed by atoms with van der Waals surface area (Å²) in [6.07, 6.45) is 5.12. The topological polar surface area (TPSA) is 71.7 Å². The Labute approximate surface area is 158 Å². The van der Waals surface area contributed by atoms with Gasteiger partial charge in [0.25, 0.3) is 5.91 Å². The molecule has 0 spiro atoms. The van der Waals surface area contributed by atoms with E-state index >= 15 is 0 Å². The summed E-state index contributed by atoms with van der Waals surface area (Å²) < 4.78 is 11.5. The average Bonchev–Trinajstić information content (AvgIpc) is 3.47. The van der Waals surface area contributed by atoms with Gasteiger partial charge in [0, 0.05) is 19.0 Å². The van der Waals surface area contributed by atoms with Crippen molar-refractivity contribution >= 4 is 11.6 Å². The van der Waals surface area contributed by atoms with Crippen LogP contribution in [0.1, 0.15) is 49.7 Å². The minimum Gasteiger partial charge on any atom is -0.477 e. The number of piperidine rings is 1. The summed E-state index contributed by atoms with van der Waals surface area (Å²) in [6.45, 7) is 2.67. The molecule has 27 heavy (non-hydrogen) atoms. The molecule has 1 unspecified atom stereocenters. The number of anilines is 1. The quantitative estimate of drug-likeness (QED) is 0.826. The number of ether oxygens (including phenoxy) is 1. The van der Waals surface area contributed by atoms with Gasteiger partial charge < -0.3 is 19.1 Å². The Hall–Kier alpha value is -2.57. The van der Waals surface area contributed by atoms with Crippen molar-refractivity contribution in [2.24, 2.45) is 0 Å². The van der Waals surface area contributed by atoms with Crippen LogP contribution in [-0.2, 0) is 11.3 Å². The standard InChI is InChI=1S/C20H24N4O3/c25-20(23-10-4-1-5-11-23)17-12-24(15-6-2-3-7-16(15)26-17)13-18-21-19(27-22-18)14-8-9-14/h2-3,6-7,14,17H,1,4-5,8-13H2. The van der Waals surface area contributed by atoms with Crippen LogP contribution >= 0.6 is 0 Å². The third kappa shape index (κ3) is 3.38. The predicted octanol–water partition coefficient (Wildman–Crippen LogP) is 2.73. The molecular formula is C20H24N4O3. The lowest BCUT2D eigenvalue weighted by Gasteiger charge is -2.37. The van der Waals surface area contributed by atoms with Gasteiger partial charge >= 0.3 is 0 Å². The molecule has 3 heterocycles. The second kappa shape index (κ2) is 6.87. The second-order valence-electron chi connectivity index (χ2n) is 7.66. The van der Waals surface area contributed by atoms with Gasteiger partial charge in [0.05, 0.1) is 18.8 Å². The van der Waals surface area contributed by atoms with Gasteiger partial charge in [-0.1, -0.05) is 17.3 Å². The number of hydrogen-bond acceptors (Lipinski definition) is 6. The van der Waals surface area contributed by atoms with Crippen LogP contribution < -0.4 is 9.64 Å². The minimum absolute atomic E-state index is 0.0842. The molecule has 2 aliphatic heterocycles. The lowest BCUT2D eigenvalue weighted by Crippen LogP contribution is -2.51. The summed E-state index contributed by atoms with van der Waals surface area (Å²) >= 11 is 0. The minimum atomic E-state index is -0.493. The zero-order valence-electron chi connectivity index (χ0n) is 15.3. The maximum absolute atomic E-state index is 13.0. The molecule has 142 valence electrons. The number of para-hydroxylation sites is 2. The van der Waals surface area contributed by atoms with E-state index in [-0.39, 0.29) is 5.91 Å². The highest BCUT2D eigenvalue weighted by molar-refractivity contribution is 5.83. The van der Waals surface area contributed by atoms with Crippen molar-refractivity contribution in [3.8, 4) is 5.75 Å². The van der Waals surface area contributed by atoms with Gasteiger partial charge in [-0.15, -0.1) is 0 Å². The monoisotopic (exact) mass is 368 g/mol. The number of amides is 1. The molecule has 2 fully saturated rings. The molecular weight excluding hydrogens is 344 g/mol. The van der Waals surface area contributed by atoms with Crippen LogP contribution in [0.15, 0.2) is 28.8 Å². The third-order valence-corrected chi connectivity index (χ3v) is 5.55. The first-order chi connectivity index (χ1) is 13.3. The highest BCUT2D eigenvalue weighted by atomic mass is 16.5. The van der Waals surface area contributed by atoms with Gasteiger partial charge in [0.1, 0.15) is 5.75 Å². The first kappa shape index (κ1) is 16.6. The van der Waals surface area contributed by atoms with Crippen molar-refractivity contribution in [1.29, 1.82) is 0 Å². The van der Waals surface area contributed by atoms with Gasteiger partial charge in [-0.3, -0.25) is 4.79 Å². The molecule has 1 atom stereocenters. The summed E-state index contributed by atoms with van der Waals surface area (Å²) in [5.41, 5.74) is 0.970. The normalized spacial score (nSPS) is 22.3. The molecule has 0 bridgehead atoms. The number of likely N-dealkylation sites (tertiary alicyclic amines) is 1. The van der Waals surface area contributed by atoms with Crippen LogP contribution in [0.3, 0.4) is 0 Å². The molecule has 3 aliphatic rings. The lowest BCUT2D eigenvalue weighted by molar-refractivity contribution is -0.139. The van der Waals surface area contributed by atoms with E-state index < -0.39 is 6.10 Å². The number of carbonyl (C=O) groups is 1. The number of benzene rings is 1. The van der Waals surface area contributed by atoms with Crippen molar-refractivity contribution in [2.45, 2.75) is 50.7 Å². The number of carbonyl (C=O) groups excluding carboxylic acids is 1. The Morgan fingerprint density at radius 1 is 1.15 bits per heavy atom. The molecule has 1 amide bonds. The van der Waals surface area contributed by atoms with Gasteiger partial charge in [-0.2, -0.15) is 4.98 Å². The zero-order chi connectivity index (χ0) is 18.2. The molecule has 0 N–H and O–H groups in total. The Morgan fingerprint density at radius 3 is 2.78 bits per heavy atom. The maximum Gasteiger partial charge on any atom is 0.265 e. The molecule has 1 aromatic heterocycles. The highest BCUT2D eigenvalue weighted by Gasteiger charge is 2.35. The predicted molar refractivity (Wildman–Crippen MR) is 98.6 cm³/mol. The summed E-state index contributed by atoms with van der Waals surface area (Å²) in [4.78, 5) is 21.6. The summed E-state index contributed by atoms with van der Waals surface area (Å²) in [6, 6.07) is 7.85. The molecule has 2 aromatic rings. The second-order valence-corrected chi connectivity index (χ2v) is 7.66. The summed E-state index contributed by atoms with van der Waals surface area (Å²) in [7, 11) is 0. The van der Waals surface area contributed by atoms with Crippen LogP contribution in [0.4, 0.5) is 5.69 Å². The van der Waals surface area contributed by atoms with E-state index in [1.54, 1.807) is 0 Å². The van der Waals surface area contributed by atoms with Crippen molar-refractivity contribution in [3.63, 3.8) is 0 Å². The zero-order valence-corrected chi connectivity index (χ0v) is 15.3. The number of rotatable bonds is 4. The fraction of sp³-hybridized carbons (Fsp3) is 0.550. The van der Waals surface area contributed by atoms with Crippen molar-refractivity contribution < 1.29 is 14.1 Å². The van der Waals surface area contributed by atoms with E-state index in [0.717, 1.165) is 56.1 Å². The van der Waals surface area contributed by atoms with Gasteiger partial charge in [-0.05, 0) is 44.2 Å². The molecule has 1 aliphatic carbocycles. The Bertz CT molecular complexity index is 826. The number of hydrogen-bond donors (Lipinski definition) is 0. The van der Waals surface area contributed by atoms with Crippen molar-refractivity contribution in [2.75, 3.05) is 24.5 Å². The van der Waals surface area contributed by atoms with Crippen LogP contribution in [0.5, 0.6) is 5.75 Å². The molecule has 1 aromatic carbocycles. The van der Waals surface area contributed by atoms with Gasteiger partial charge in [0.15, 0.2) is 11.9 Å². The highest BCUT2D eigenvalue weighted by Crippen LogP contribution is 2.39. The van der Waals surface area contributed by atoms with Crippen LogP contribution in [-0.4, -0.2) is 46.7 Å². The van der Waals surface area contributed by atoms with Gasteiger partial charge in [0.2, 0.25) is 5.89 Å². The fourth-order valence-corrected chi connectivity index (χ4v) is 3.90. The molecule has 1 saturated heterocycles. The molecule has 5 rings (SSSR count). The summed E-state index contributed by atoms with van der Waals surface area (Å²) in [5.74, 6) is 2.67. The Kier molecular flexibility index (Phi) is 4.22. The molecule has 7 nitrogen and oxygen atoms in total. The molecule has 0 radical (unpaired) electrons. The average molecular weight is 368 g/mol. The largest absolute Gasteiger partial charge is 0.477 e. The van der Waals surface area contributed by atoms with Crippen molar-refractivity contribution in [1.82, 2.24) is 15.0 Å². The van der Waals surface area contributed by atoms with E-state index in [2.05, 4.69) is 15.0 Å². The number of fused-ring (bicyclic) bond motifs is 1. The molecule has 7 heteroatoms. The third-order valence-electron chi connectivity index (χ3n) is 5.55. The van der Waals surface area contributed by atoms with E-state index in [9.17, 15) is 4.79 Å². The SMILES string of the molecule is O=C(C1CN(Cc2noc(C3CC3)n2)c2ccccc2O1)N1CCCCC1. The fourth-order valence-electron chi connectivity index (χ4n) is 3.90. The number of nitrogens with zero attached hydrogens (tertiary/aromatic N) is 4. The first-order valence-electron chi connectivity index (χ1n) is 9.90. The smallest absolute Gasteiger partial charge is 0.265 e. The van der Waals surface area contributed by atoms with Crippen LogP contribution in [0.2, 0.25) is 0 Å². The van der Waals surface area contributed by atoms with E-state index in [1.807, 2.05) is 29.2 Å². The van der Waals surface area contributed by atoms with E-state index in [0.29, 0.717) is 24.8 Å². The van der Waals surface area contributed by atoms with E-state index in [1.165, 1.54) is 6.42 Å². The summed E-state index contributed by atoms with van der Waals surface area (Å²) in [5, 5.41) is 4.14. The molecule has 1 saturated carbocycles.